The molecule has 1 N–H and O–H groups in total. The molecule has 108 valence electrons. The Kier molecular flexibility index (Phi) is 5.05. The van der Waals surface area contributed by atoms with E-state index >= 15 is 0 Å². The molecule has 19 heavy (non-hydrogen) atoms. The number of aliphatic hydroxyl groups excluding tert-OH is 1. The van der Waals surface area contributed by atoms with Crippen molar-refractivity contribution in [2.75, 3.05) is 18.8 Å². The minimum atomic E-state index is -0.0718. The molecule has 1 atom stereocenters. The zero-order valence-corrected chi connectivity index (χ0v) is 13.4. The minimum absolute atomic E-state index is 0.0718. The van der Waals surface area contributed by atoms with Crippen molar-refractivity contribution in [1.29, 1.82) is 0 Å². The van der Waals surface area contributed by atoms with Crippen molar-refractivity contribution in [3.8, 4) is 0 Å². The van der Waals surface area contributed by atoms with Crippen molar-refractivity contribution < 1.29 is 5.11 Å². The van der Waals surface area contributed by atoms with Crippen LogP contribution >= 0.6 is 24.0 Å². The molecule has 1 aromatic rings. The van der Waals surface area contributed by atoms with Crippen LogP contribution in [-0.2, 0) is 20.3 Å². The molecule has 0 radical (unpaired) electrons. The molecule has 0 bridgehead atoms. The number of hydrogen-bond acceptors (Lipinski definition) is 5. The first kappa shape index (κ1) is 15.0. The molecular weight excluding hydrogens is 280 g/mol. The highest BCUT2D eigenvalue weighted by atomic mass is 32.2. The summed E-state index contributed by atoms with van der Waals surface area (Å²) in [6, 6.07) is 0. The predicted molar refractivity (Wildman–Crippen MR) is 80.6 cm³/mol. The summed E-state index contributed by atoms with van der Waals surface area (Å²) in [7, 11) is 1.85. The van der Waals surface area contributed by atoms with Gasteiger partial charge in [0, 0.05) is 31.1 Å². The molecule has 1 aromatic heterocycles. The zero-order valence-electron chi connectivity index (χ0n) is 11.7. The Balaban J connectivity index is 2.07. The number of rotatable bonds is 4. The first-order chi connectivity index (χ1) is 9.02. The fourth-order valence-corrected chi connectivity index (χ4v) is 3.79. The quantitative estimate of drug-likeness (QED) is 0.854. The minimum Gasteiger partial charge on any atom is -0.388 e. The van der Waals surface area contributed by atoms with E-state index in [0.717, 1.165) is 25.5 Å². The van der Waals surface area contributed by atoms with E-state index in [1.165, 1.54) is 0 Å². The number of aromatic nitrogens is 3. The topological polar surface area (TPSA) is 46.2 Å². The van der Waals surface area contributed by atoms with Gasteiger partial charge in [-0.1, -0.05) is 13.8 Å². The van der Waals surface area contributed by atoms with E-state index in [4.69, 9.17) is 12.2 Å². The van der Waals surface area contributed by atoms with E-state index in [1.807, 2.05) is 11.7 Å². The van der Waals surface area contributed by atoms with E-state index in [1.54, 1.807) is 4.57 Å². The van der Waals surface area contributed by atoms with Crippen molar-refractivity contribution in [1.82, 2.24) is 19.2 Å². The van der Waals surface area contributed by atoms with Crippen LogP contribution < -0.4 is 0 Å². The summed E-state index contributed by atoms with van der Waals surface area (Å²) in [5.41, 5.74) is 0. The number of nitrogens with zero attached hydrogens (tertiary/aromatic N) is 4. The fraction of sp³-hybridized carbons (Fsp3) is 0.833. The smallest absolute Gasteiger partial charge is 0.198 e. The second kappa shape index (κ2) is 6.39. The maximum atomic E-state index is 9.22. The Morgan fingerprint density at radius 3 is 2.84 bits per heavy atom. The second-order valence-electron chi connectivity index (χ2n) is 5.29. The molecule has 1 fully saturated rings. The van der Waals surface area contributed by atoms with E-state index in [2.05, 4.69) is 35.6 Å². The predicted octanol–water partition coefficient (Wildman–Crippen LogP) is 1.47. The van der Waals surface area contributed by atoms with Gasteiger partial charge in [-0.25, -0.2) is 4.68 Å². The van der Waals surface area contributed by atoms with Gasteiger partial charge in [-0.3, -0.25) is 4.90 Å². The molecule has 1 aliphatic rings. The first-order valence-electron chi connectivity index (χ1n) is 6.60. The van der Waals surface area contributed by atoms with Crippen molar-refractivity contribution >= 4 is 24.0 Å². The maximum absolute atomic E-state index is 9.22. The van der Waals surface area contributed by atoms with Gasteiger partial charge in [0.2, 0.25) is 0 Å². The van der Waals surface area contributed by atoms with E-state index in [9.17, 15) is 5.11 Å². The van der Waals surface area contributed by atoms with Crippen LogP contribution in [0.5, 0.6) is 0 Å². The van der Waals surface area contributed by atoms with Crippen LogP contribution in [0.25, 0.3) is 0 Å². The highest BCUT2D eigenvalue weighted by Gasteiger charge is 2.23. The monoisotopic (exact) mass is 302 g/mol. The zero-order chi connectivity index (χ0) is 14.0. The third kappa shape index (κ3) is 3.39. The third-order valence-corrected chi connectivity index (χ3v) is 5.55. The summed E-state index contributed by atoms with van der Waals surface area (Å²) < 4.78 is 4.26. The van der Waals surface area contributed by atoms with E-state index < -0.39 is 0 Å². The van der Waals surface area contributed by atoms with Crippen LogP contribution in [0, 0.1) is 10.7 Å². The van der Waals surface area contributed by atoms with Crippen LogP contribution in [0.4, 0.5) is 0 Å². The van der Waals surface area contributed by atoms with Gasteiger partial charge in [0.15, 0.2) is 10.6 Å². The van der Waals surface area contributed by atoms with Crippen LogP contribution in [0.2, 0.25) is 0 Å². The van der Waals surface area contributed by atoms with Gasteiger partial charge < -0.3 is 9.67 Å². The Labute approximate surface area is 123 Å². The fourth-order valence-electron chi connectivity index (χ4n) is 2.22. The molecule has 1 saturated heterocycles. The second-order valence-corrected chi connectivity index (χ2v) is 7.00. The van der Waals surface area contributed by atoms with Crippen molar-refractivity contribution in [2.24, 2.45) is 13.0 Å². The average molecular weight is 302 g/mol. The summed E-state index contributed by atoms with van der Waals surface area (Å²) in [5, 5.41) is 14.3. The number of hydrogen-bond donors (Lipinski definition) is 1. The molecule has 2 heterocycles. The largest absolute Gasteiger partial charge is 0.388 e. The van der Waals surface area contributed by atoms with Crippen LogP contribution in [0.3, 0.4) is 0 Å². The average Bonchev–Trinajstić information content (AvgIpc) is 2.67. The molecule has 0 aliphatic carbocycles. The summed E-state index contributed by atoms with van der Waals surface area (Å²) in [5.74, 6) is 2.48. The lowest BCUT2D eigenvalue weighted by molar-refractivity contribution is 0.201. The lowest BCUT2D eigenvalue weighted by Crippen LogP contribution is -2.41. The SMILES string of the molecule is CC(C)C1CN(Cn2nc(CO)n(C)c2=S)CCS1. The molecule has 0 amide bonds. The van der Waals surface area contributed by atoms with Gasteiger partial charge in [-0.2, -0.15) is 16.9 Å². The maximum Gasteiger partial charge on any atom is 0.198 e. The molecule has 0 spiro atoms. The number of aliphatic hydroxyl groups is 1. The summed E-state index contributed by atoms with van der Waals surface area (Å²) >= 11 is 7.41. The van der Waals surface area contributed by atoms with E-state index in [-0.39, 0.29) is 6.61 Å². The van der Waals surface area contributed by atoms with Crippen LogP contribution in [0.15, 0.2) is 0 Å². The Morgan fingerprint density at radius 2 is 2.26 bits per heavy atom. The molecule has 0 saturated carbocycles. The Bertz CT molecular complexity index is 483. The van der Waals surface area contributed by atoms with Gasteiger partial charge in [-0.05, 0) is 18.1 Å². The molecular formula is C12H22N4OS2. The van der Waals surface area contributed by atoms with Crippen molar-refractivity contribution in [3.63, 3.8) is 0 Å². The molecule has 1 aliphatic heterocycles. The summed E-state index contributed by atoms with van der Waals surface area (Å²) in [6.45, 7) is 7.35. The van der Waals surface area contributed by atoms with Crippen molar-refractivity contribution in [2.45, 2.75) is 32.4 Å². The normalized spacial score (nSPS) is 21.2. The molecule has 0 aromatic carbocycles. The van der Waals surface area contributed by atoms with Crippen molar-refractivity contribution in [3.05, 3.63) is 10.6 Å². The first-order valence-corrected chi connectivity index (χ1v) is 8.06. The van der Waals surface area contributed by atoms with Gasteiger partial charge in [-0.15, -0.1) is 0 Å². The van der Waals surface area contributed by atoms with Gasteiger partial charge in [0.25, 0.3) is 0 Å². The number of thioether (sulfide) groups is 1. The third-order valence-electron chi connectivity index (χ3n) is 3.53. The van der Waals surface area contributed by atoms with Crippen LogP contribution in [0.1, 0.15) is 19.7 Å². The molecule has 1 unspecified atom stereocenters. The summed E-state index contributed by atoms with van der Waals surface area (Å²) in [4.78, 5) is 2.39. The highest BCUT2D eigenvalue weighted by molar-refractivity contribution is 8.00. The Hall–Kier alpha value is -0.370. The van der Waals surface area contributed by atoms with E-state index in [0.29, 0.717) is 21.8 Å². The molecule has 2 rings (SSSR count). The molecule has 7 heteroatoms. The summed E-state index contributed by atoms with van der Waals surface area (Å²) in [6.07, 6.45) is 0. The van der Waals surface area contributed by atoms with Gasteiger partial charge >= 0.3 is 0 Å². The van der Waals surface area contributed by atoms with Gasteiger partial charge in [0.1, 0.15) is 6.61 Å². The Morgan fingerprint density at radius 1 is 1.53 bits per heavy atom. The van der Waals surface area contributed by atoms with Crippen LogP contribution in [-0.4, -0.2) is 48.4 Å². The lowest BCUT2D eigenvalue weighted by Gasteiger charge is -2.33. The van der Waals surface area contributed by atoms with Gasteiger partial charge in [0.05, 0.1) is 6.67 Å². The molecule has 5 nitrogen and oxygen atoms in total. The standard InChI is InChI=1S/C12H22N4OS2/c1-9(2)10-6-15(4-5-19-10)8-16-12(18)14(3)11(7-17)13-16/h9-10,17H,4-8H2,1-3H3. The lowest BCUT2D eigenvalue weighted by atomic mass is 10.1. The highest BCUT2D eigenvalue weighted by Crippen LogP contribution is 2.25.